The molecule has 1 heterocycles. The van der Waals surface area contributed by atoms with Gasteiger partial charge in [0.2, 0.25) is 0 Å². The van der Waals surface area contributed by atoms with Crippen molar-refractivity contribution in [2.45, 2.75) is 17.1 Å². The summed E-state index contributed by atoms with van der Waals surface area (Å²) in [5.41, 5.74) is 2.74. The molecule has 4 aromatic rings. The number of carboxylic acids is 1. The van der Waals surface area contributed by atoms with Crippen LogP contribution in [0.1, 0.15) is 17.4 Å². The van der Waals surface area contributed by atoms with Gasteiger partial charge in [-0.05, 0) is 48.9 Å². The van der Waals surface area contributed by atoms with E-state index in [9.17, 15) is 9.59 Å². The number of anilines is 1. The number of carbonyl (C=O) groups excluding carboxylic acids is 1. The van der Waals surface area contributed by atoms with Crippen molar-refractivity contribution in [1.82, 2.24) is 4.98 Å². The summed E-state index contributed by atoms with van der Waals surface area (Å²) in [6.45, 7) is 1.65. The van der Waals surface area contributed by atoms with Crippen LogP contribution in [0, 0.1) is 0 Å². The van der Waals surface area contributed by atoms with E-state index in [1.807, 2.05) is 54.6 Å². The molecule has 166 valence electrons. The first-order valence-corrected chi connectivity index (χ1v) is 12.1. The molecule has 0 bridgehead atoms. The molecule has 0 aliphatic carbocycles. The SMILES string of the molecule is CC(Sc1ccc(-c2nc(C(=O)Nc3ccc(Cl)cc3)c(-c3ccccc3)s2)cc1)C(=O)O. The quantitative estimate of drug-likeness (QED) is 0.272. The summed E-state index contributed by atoms with van der Waals surface area (Å²) in [6, 6.07) is 24.1. The van der Waals surface area contributed by atoms with Crippen molar-refractivity contribution in [3.8, 4) is 21.0 Å². The normalized spacial score (nSPS) is 11.7. The second-order valence-corrected chi connectivity index (χ2v) is 10.00. The van der Waals surface area contributed by atoms with Gasteiger partial charge in [-0.2, -0.15) is 0 Å². The molecule has 5 nitrogen and oxygen atoms in total. The summed E-state index contributed by atoms with van der Waals surface area (Å²) < 4.78 is 0. The number of hydrogen-bond acceptors (Lipinski definition) is 5. The molecule has 0 saturated carbocycles. The summed E-state index contributed by atoms with van der Waals surface area (Å²) in [5, 5.41) is 12.8. The molecule has 1 amide bonds. The number of amides is 1. The molecule has 0 aliphatic heterocycles. The van der Waals surface area contributed by atoms with Gasteiger partial charge in [0, 0.05) is 21.2 Å². The van der Waals surface area contributed by atoms with Crippen LogP contribution in [0.15, 0.2) is 83.8 Å². The molecule has 1 unspecified atom stereocenters. The predicted molar refractivity (Wildman–Crippen MR) is 135 cm³/mol. The number of benzene rings is 3. The van der Waals surface area contributed by atoms with Gasteiger partial charge in [-0.1, -0.05) is 54.1 Å². The molecular weight excluding hydrogens is 476 g/mol. The van der Waals surface area contributed by atoms with Crippen molar-refractivity contribution < 1.29 is 14.7 Å². The Labute approximate surface area is 204 Å². The highest BCUT2D eigenvalue weighted by Crippen LogP contribution is 2.37. The summed E-state index contributed by atoms with van der Waals surface area (Å²) in [4.78, 5) is 30.5. The maximum atomic E-state index is 13.1. The van der Waals surface area contributed by atoms with E-state index in [0.717, 1.165) is 20.9 Å². The Morgan fingerprint density at radius 2 is 1.64 bits per heavy atom. The fourth-order valence-corrected chi connectivity index (χ4v) is 5.04. The molecule has 0 saturated heterocycles. The lowest BCUT2D eigenvalue weighted by Gasteiger charge is -2.06. The average Bonchev–Trinajstić information content (AvgIpc) is 3.27. The van der Waals surface area contributed by atoms with Crippen LogP contribution in [-0.2, 0) is 4.79 Å². The minimum Gasteiger partial charge on any atom is -0.480 e. The van der Waals surface area contributed by atoms with E-state index < -0.39 is 11.2 Å². The first-order valence-electron chi connectivity index (χ1n) is 10.0. The zero-order valence-corrected chi connectivity index (χ0v) is 19.9. The number of thiazole rings is 1. The number of nitrogens with one attached hydrogen (secondary N) is 1. The Hall–Kier alpha value is -3.13. The van der Waals surface area contributed by atoms with Crippen LogP contribution >= 0.6 is 34.7 Å². The summed E-state index contributed by atoms with van der Waals surface area (Å²) in [5.74, 6) is -1.16. The van der Waals surface area contributed by atoms with Gasteiger partial charge < -0.3 is 10.4 Å². The molecule has 0 fully saturated rings. The van der Waals surface area contributed by atoms with Crippen molar-refractivity contribution in [2.24, 2.45) is 0 Å². The van der Waals surface area contributed by atoms with Gasteiger partial charge in [0.05, 0.1) is 4.88 Å². The monoisotopic (exact) mass is 494 g/mol. The molecule has 0 spiro atoms. The van der Waals surface area contributed by atoms with E-state index in [4.69, 9.17) is 16.7 Å². The summed E-state index contributed by atoms with van der Waals surface area (Å²) in [7, 11) is 0. The molecule has 8 heteroatoms. The Bertz CT molecular complexity index is 1270. The zero-order chi connectivity index (χ0) is 23.4. The van der Waals surface area contributed by atoms with Crippen LogP contribution in [0.4, 0.5) is 5.69 Å². The van der Waals surface area contributed by atoms with Gasteiger partial charge >= 0.3 is 5.97 Å². The molecule has 33 heavy (non-hydrogen) atoms. The van der Waals surface area contributed by atoms with Crippen LogP contribution < -0.4 is 5.32 Å². The summed E-state index contributed by atoms with van der Waals surface area (Å²) in [6.07, 6.45) is 0. The Morgan fingerprint density at radius 3 is 2.27 bits per heavy atom. The third kappa shape index (κ3) is 5.63. The van der Waals surface area contributed by atoms with Gasteiger partial charge in [-0.3, -0.25) is 9.59 Å². The lowest BCUT2D eigenvalue weighted by atomic mass is 10.1. The number of hydrogen-bond donors (Lipinski definition) is 2. The van der Waals surface area contributed by atoms with Crippen molar-refractivity contribution in [3.05, 3.63) is 89.6 Å². The summed E-state index contributed by atoms with van der Waals surface area (Å²) >= 11 is 8.66. The highest BCUT2D eigenvalue weighted by Gasteiger charge is 2.21. The number of aliphatic carboxylic acids is 1. The van der Waals surface area contributed by atoms with Crippen LogP contribution in [0.25, 0.3) is 21.0 Å². The molecule has 1 aromatic heterocycles. The van der Waals surface area contributed by atoms with Crippen LogP contribution in [0.5, 0.6) is 0 Å². The van der Waals surface area contributed by atoms with E-state index in [2.05, 4.69) is 10.3 Å². The van der Waals surface area contributed by atoms with Crippen LogP contribution in [0.3, 0.4) is 0 Å². The molecule has 1 atom stereocenters. The molecule has 3 aromatic carbocycles. The maximum Gasteiger partial charge on any atom is 0.316 e. The first-order chi connectivity index (χ1) is 15.9. The zero-order valence-electron chi connectivity index (χ0n) is 17.5. The molecule has 4 rings (SSSR count). The number of nitrogens with zero attached hydrogens (tertiary/aromatic N) is 1. The van der Waals surface area contributed by atoms with E-state index >= 15 is 0 Å². The van der Waals surface area contributed by atoms with Crippen LogP contribution in [0.2, 0.25) is 5.02 Å². The highest BCUT2D eigenvalue weighted by atomic mass is 35.5. The minimum atomic E-state index is -0.854. The highest BCUT2D eigenvalue weighted by molar-refractivity contribution is 8.00. The number of aromatic nitrogens is 1. The second kappa shape index (κ2) is 10.2. The number of thioether (sulfide) groups is 1. The number of rotatable bonds is 7. The van der Waals surface area contributed by atoms with E-state index in [-0.39, 0.29) is 5.91 Å². The van der Waals surface area contributed by atoms with E-state index in [1.165, 1.54) is 23.1 Å². The Kier molecular flexibility index (Phi) is 7.13. The van der Waals surface area contributed by atoms with Gasteiger partial charge in [-0.15, -0.1) is 23.1 Å². The van der Waals surface area contributed by atoms with E-state index in [1.54, 1.807) is 31.2 Å². The number of carboxylic acid groups (broad SMARTS) is 1. The fraction of sp³-hybridized carbons (Fsp3) is 0.0800. The van der Waals surface area contributed by atoms with Crippen LogP contribution in [-0.4, -0.2) is 27.2 Å². The number of halogens is 1. The maximum absolute atomic E-state index is 13.1. The van der Waals surface area contributed by atoms with Crippen molar-refractivity contribution >= 4 is 52.3 Å². The van der Waals surface area contributed by atoms with Gasteiger partial charge in [0.25, 0.3) is 5.91 Å². The minimum absolute atomic E-state index is 0.305. The van der Waals surface area contributed by atoms with Gasteiger partial charge in [0.1, 0.15) is 16.0 Å². The largest absolute Gasteiger partial charge is 0.480 e. The standard InChI is InChI=1S/C25H19ClN2O3S2/c1-15(25(30)31)32-20-13-7-17(8-14-20)24-28-21(22(33-24)16-5-3-2-4-6-16)23(29)27-19-11-9-18(26)10-12-19/h2-15H,1H3,(H,27,29)(H,30,31). The predicted octanol–water partition coefficient (Wildman–Crippen LogP) is 6.95. The third-order valence-electron chi connectivity index (χ3n) is 4.74. The first kappa shape index (κ1) is 23.0. The molecular formula is C25H19ClN2O3S2. The molecule has 0 radical (unpaired) electrons. The second-order valence-electron chi connectivity index (χ2n) is 7.15. The Morgan fingerprint density at radius 1 is 0.970 bits per heavy atom. The Balaban J connectivity index is 1.66. The average molecular weight is 495 g/mol. The lowest BCUT2D eigenvalue weighted by Crippen LogP contribution is -2.13. The van der Waals surface area contributed by atoms with Crippen molar-refractivity contribution in [3.63, 3.8) is 0 Å². The smallest absolute Gasteiger partial charge is 0.316 e. The van der Waals surface area contributed by atoms with Gasteiger partial charge in [-0.25, -0.2) is 4.98 Å². The fourth-order valence-electron chi connectivity index (χ4n) is 3.04. The van der Waals surface area contributed by atoms with Crippen molar-refractivity contribution in [1.29, 1.82) is 0 Å². The lowest BCUT2D eigenvalue weighted by molar-refractivity contribution is -0.136. The molecule has 0 aliphatic rings. The van der Waals surface area contributed by atoms with Gasteiger partial charge in [0.15, 0.2) is 0 Å². The number of carbonyl (C=O) groups is 2. The third-order valence-corrected chi connectivity index (χ3v) is 7.25. The molecule has 2 N–H and O–H groups in total. The van der Waals surface area contributed by atoms with Crippen molar-refractivity contribution in [2.75, 3.05) is 5.32 Å². The topological polar surface area (TPSA) is 79.3 Å². The van der Waals surface area contributed by atoms with E-state index in [0.29, 0.717) is 21.4 Å².